The first-order valence-corrected chi connectivity index (χ1v) is 9.31. The fourth-order valence-electron chi connectivity index (χ4n) is 3.17. The molecule has 128 valence electrons. The number of hydrogen-bond acceptors (Lipinski definition) is 5. The molecule has 1 aliphatic rings. The van der Waals surface area contributed by atoms with Crippen molar-refractivity contribution in [2.24, 2.45) is 0 Å². The van der Waals surface area contributed by atoms with Gasteiger partial charge in [-0.25, -0.2) is 9.50 Å². The molecule has 0 unspecified atom stereocenters. The second kappa shape index (κ2) is 6.84. The van der Waals surface area contributed by atoms with E-state index in [1.165, 1.54) is 22.9 Å². The normalized spacial score (nSPS) is 17.9. The minimum atomic E-state index is -0.272. The van der Waals surface area contributed by atoms with E-state index in [0.29, 0.717) is 10.9 Å². The van der Waals surface area contributed by atoms with Crippen molar-refractivity contribution in [2.75, 3.05) is 0 Å². The summed E-state index contributed by atoms with van der Waals surface area (Å²) in [6, 6.07) is 10.3. The highest BCUT2D eigenvalue weighted by Gasteiger charge is 2.24. The Kier molecular flexibility index (Phi) is 4.40. The quantitative estimate of drug-likeness (QED) is 0.730. The number of amides is 1. The average molecular weight is 353 g/mol. The van der Waals surface area contributed by atoms with Crippen molar-refractivity contribution in [1.82, 2.24) is 24.9 Å². The summed E-state index contributed by atoms with van der Waals surface area (Å²) in [5.74, 6) is 0.553. The molecule has 0 saturated heterocycles. The zero-order chi connectivity index (χ0) is 17.2. The number of aryl methyl sites for hydroxylation is 1. The minimum Gasteiger partial charge on any atom is -0.348 e. The first-order valence-electron chi connectivity index (χ1n) is 8.43. The molecule has 2 aromatic heterocycles. The molecule has 25 heavy (non-hydrogen) atoms. The number of nitrogens with zero attached hydrogens (tertiary/aromatic N) is 4. The molecule has 0 fully saturated rings. The van der Waals surface area contributed by atoms with Crippen LogP contribution in [0.5, 0.6) is 0 Å². The first kappa shape index (κ1) is 16.1. The van der Waals surface area contributed by atoms with Crippen LogP contribution in [-0.2, 0) is 11.2 Å². The van der Waals surface area contributed by atoms with Gasteiger partial charge in [0.15, 0.2) is 0 Å². The predicted molar refractivity (Wildman–Crippen MR) is 96.4 cm³/mol. The molecule has 0 aliphatic heterocycles. The lowest BCUT2D eigenvalue weighted by atomic mass is 9.88. The predicted octanol–water partition coefficient (Wildman–Crippen LogP) is 2.80. The maximum atomic E-state index is 12.6. The molecular weight excluding hydrogens is 334 g/mol. The van der Waals surface area contributed by atoms with Crippen LogP contribution in [0.2, 0.25) is 0 Å². The number of thioether (sulfide) groups is 1. The highest BCUT2D eigenvalue weighted by atomic mass is 32.2. The Morgan fingerprint density at radius 3 is 3.12 bits per heavy atom. The van der Waals surface area contributed by atoms with Crippen molar-refractivity contribution in [3.05, 3.63) is 53.9 Å². The number of carbonyl (C=O) groups excluding carboxylic acids is 1. The van der Waals surface area contributed by atoms with E-state index in [0.717, 1.165) is 19.3 Å². The number of aromatic nitrogens is 4. The Morgan fingerprint density at radius 1 is 1.36 bits per heavy atom. The lowest BCUT2D eigenvalue weighted by Gasteiger charge is -2.27. The Bertz CT molecular complexity index is 876. The summed E-state index contributed by atoms with van der Waals surface area (Å²) in [4.78, 5) is 21.1. The summed E-state index contributed by atoms with van der Waals surface area (Å²) >= 11 is 1.35. The third-order valence-corrected chi connectivity index (χ3v) is 5.39. The molecule has 1 aliphatic carbocycles. The van der Waals surface area contributed by atoms with Crippen LogP contribution in [0.1, 0.15) is 36.9 Å². The fraction of sp³-hybridized carbons (Fsp3) is 0.333. The van der Waals surface area contributed by atoms with Gasteiger partial charge in [-0.15, -0.1) is 5.10 Å². The monoisotopic (exact) mass is 353 g/mol. The van der Waals surface area contributed by atoms with Crippen LogP contribution in [0.25, 0.3) is 5.78 Å². The van der Waals surface area contributed by atoms with Crippen LogP contribution in [0, 0.1) is 0 Å². The van der Waals surface area contributed by atoms with Gasteiger partial charge in [0.25, 0.3) is 5.78 Å². The third-order valence-electron chi connectivity index (χ3n) is 4.43. The molecule has 0 spiro atoms. The Hall–Kier alpha value is -2.41. The average Bonchev–Trinajstić information content (AvgIpc) is 3.04. The van der Waals surface area contributed by atoms with E-state index in [1.54, 1.807) is 23.0 Å². The highest BCUT2D eigenvalue weighted by Crippen LogP contribution is 2.30. The molecule has 3 aromatic rings. The summed E-state index contributed by atoms with van der Waals surface area (Å²) in [6.07, 6.45) is 6.64. The molecule has 1 N–H and O–H groups in total. The number of hydrogen-bond donors (Lipinski definition) is 1. The highest BCUT2D eigenvalue weighted by molar-refractivity contribution is 8.00. The molecule has 6 nitrogen and oxygen atoms in total. The van der Waals surface area contributed by atoms with Gasteiger partial charge in [-0.05, 0) is 43.4 Å². The van der Waals surface area contributed by atoms with E-state index in [9.17, 15) is 4.79 Å². The zero-order valence-corrected chi connectivity index (χ0v) is 14.7. The van der Waals surface area contributed by atoms with Crippen molar-refractivity contribution in [3.8, 4) is 0 Å². The van der Waals surface area contributed by atoms with Gasteiger partial charge in [0, 0.05) is 12.4 Å². The molecule has 7 heteroatoms. The van der Waals surface area contributed by atoms with Gasteiger partial charge in [-0.1, -0.05) is 36.0 Å². The lowest BCUT2D eigenvalue weighted by molar-refractivity contribution is -0.121. The molecule has 2 atom stereocenters. The van der Waals surface area contributed by atoms with Crippen molar-refractivity contribution < 1.29 is 4.79 Å². The van der Waals surface area contributed by atoms with Gasteiger partial charge in [0.2, 0.25) is 11.1 Å². The van der Waals surface area contributed by atoms with Gasteiger partial charge in [-0.2, -0.15) is 4.98 Å². The van der Waals surface area contributed by atoms with Gasteiger partial charge in [0.1, 0.15) is 0 Å². The number of benzene rings is 1. The Labute approximate surface area is 150 Å². The molecule has 0 saturated carbocycles. The van der Waals surface area contributed by atoms with Crippen LogP contribution >= 0.6 is 11.8 Å². The van der Waals surface area contributed by atoms with Crippen LogP contribution < -0.4 is 5.32 Å². The van der Waals surface area contributed by atoms with Crippen molar-refractivity contribution in [2.45, 2.75) is 42.6 Å². The molecule has 0 bridgehead atoms. The maximum absolute atomic E-state index is 12.6. The maximum Gasteiger partial charge on any atom is 0.253 e. The topological polar surface area (TPSA) is 72.2 Å². The van der Waals surface area contributed by atoms with Crippen molar-refractivity contribution >= 4 is 23.4 Å². The second-order valence-electron chi connectivity index (χ2n) is 6.17. The standard InChI is InChI=1S/C18H19N5OS/c1-12(25-18-21-17-19-10-5-11-23(17)22-18)16(24)20-15-9-4-7-13-6-2-3-8-14(13)15/h2-3,5-6,8,10-12,15H,4,7,9H2,1H3,(H,20,24)/t12-,15-/m1/s1. The van der Waals surface area contributed by atoms with E-state index < -0.39 is 0 Å². The van der Waals surface area contributed by atoms with Gasteiger partial charge in [0.05, 0.1) is 11.3 Å². The summed E-state index contributed by atoms with van der Waals surface area (Å²) in [5, 5.41) is 7.82. The SMILES string of the molecule is C[C@@H](Sc1nc2ncccn2n1)C(=O)N[C@@H]1CCCc2ccccc21. The molecule has 0 radical (unpaired) electrons. The van der Waals surface area contributed by atoms with E-state index in [2.05, 4.69) is 38.6 Å². The summed E-state index contributed by atoms with van der Waals surface area (Å²) < 4.78 is 1.62. The zero-order valence-electron chi connectivity index (χ0n) is 13.9. The van der Waals surface area contributed by atoms with Gasteiger partial charge < -0.3 is 5.32 Å². The van der Waals surface area contributed by atoms with E-state index in [-0.39, 0.29) is 17.2 Å². The number of carbonyl (C=O) groups is 1. The third kappa shape index (κ3) is 3.37. The van der Waals surface area contributed by atoms with Crippen LogP contribution in [-0.4, -0.2) is 30.7 Å². The summed E-state index contributed by atoms with van der Waals surface area (Å²) in [7, 11) is 0. The largest absolute Gasteiger partial charge is 0.348 e. The number of rotatable bonds is 4. The lowest BCUT2D eigenvalue weighted by Crippen LogP contribution is -2.35. The summed E-state index contributed by atoms with van der Waals surface area (Å²) in [5.41, 5.74) is 2.59. The Morgan fingerprint density at radius 2 is 2.24 bits per heavy atom. The second-order valence-corrected chi connectivity index (χ2v) is 7.48. The van der Waals surface area contributed by atoms with Gasteiger partial charge in [-0.3, -0.25) is 4.79 Å². The van der Waals surface area contributed by atoms with Gasteiger partial charge >= 0.3 is 0 Å². The van der Waals surface area contributed by atoms with Crippen molar-refractivity contribution in [3.63, 3.8) is 0 Å². The molecule has 2 heterocycles. The van der Waals surface area contributed by atoms with Crippen molar-refractivity contribution in [1.29, 1.82) is 0 Å². The smallest absolute Gasteiger partial charge is 0.253 e. The first-order chi connectivity index (χ1) is 12.2. The van der Waals surface area contributed by atoms with Crippen LogP contribution in [0.15, 0.2) is 47.9 Å². The number of nitrogens with one attached hydrogen (secondary N) is 1. The van der Waals surface area contributed by atoms with E-state index in [4.69, 9.17) is 0 Å². The number of fused-ring (bicyclic) bond motifs is 2. The molecule has 1 amide bonds. The fourth-order valence-corrected chi connectivity index (χ4v) is 3.93. The molecule has 1 aromatic carbocycles. The Balaban J connectivity index is 1.44. The summed E-state index contributed by atoms with van der Waals surface area (Å²) in [6.45, 7) is 1.88. The molecular formula is C18H19N5OS. The molecule has 4 rings (SSSR count). The minimum absolute atomic E-state index is 0.0125. The van der Waals surface area contributed by atoms with Crippen LogP contribution in [0.3, 0.4) is 0 Å². The van der Waals surface area contributed by atoms with E-state index >= 15 is 0 Å². The van der Waals surface area contributed by atoms with Crippen LogP contribution in [0.4, 0.5) is 0 Å². The van der Waals surface area contributed by atoms with E-state index in [1.807, 2.05) is 13.0 Å².